The van der Waals surface area contributed by atoms with Crippen molar-refractivity contribution >= 4 is 33.3 Å². The van der Waals surface area contributed by atoms with Gasteiger partial charge >= 0.3 is 0 Å². The van der Waals surface area contributed by atoms with Crippen LogP contribution in [0.1, 0.15) is 41.7 Å². The molecule has 29 heavy (non-hydrogen) atoms. The highest BCUT2D eigenvalue weighted by molar-refractivity contribution is 7.89. The summed E-state index contributed by atoms with van der Waals surface area (Å²) in [6, 6.07) is 8.90. The second kappa shape index (κ2) is 8.81. The van der Waals surface area contributed by atoms with E-state index in [0.29, 0.717) is 24.5 Å². The van der Waals surface area contributed by atoms with Crippen LogP contribution in [-0.2, 0) is 27.8 Å². The quantitative estimate of drug-likeness (QED) is 0.691. The van der Waals surface area contributed by atoms with Gasteiger partial charge in [0.25, 0.3) is 0 Å². The van der Waals surface area contributed by atoms with E-state index in [1.165, 1.54) is 10.4 Å². The van der Waals surface area contributed by atoms with Crippen LogP contribution in [-0.4, -0.2) is 43.2 Å². The largest absolute Gasteiger partial charge is 0.334 e. The summed E-state index contributed by atoms with van der Waals surface area (Å²) < 4.78 is 27.3. The van der Waals surface area contributed by atoms with Gasteiger partial charge in [0.05, 0.1) is 4.90 Å². The average molecular weight is 431 g/mol. The maximum atomic E-state index is 12.9. The monoisotopic (exact) mass is 430 g/mol. The smallest absolute Gasteiger partial charge is 0.246 e. The first kappa shape index (κ1) is 20.3. The molecule has 0 N–H and O–H groups in total. The van der Waals surface area contributed by atoms with Crippen molar-refractivity contribution in [2.24, 2.45) is 0 Å². The van der Waals surface area contributed by atoms with E-state index in [9.17, 15) is 13.2 Å². The molecule has 0 bridgehead atoms. The van der Waals surface area contributed by atoms with Gasteiger partial charge in [-0.15, -0.1) is 11.3 Å². The summed E-state index contributed by atoms with van der Waals surface area (Å²) in [6.07, 6.45) is 8.28. The Kier molecular flexibility index (Phi) is 6.18. The lowest BCUT2D eigenvalue weighted by Gasteiger charge is -2.25. The van der Waals surface area contributed by atoms with Crippen molar-refractivity contribution in [2.45, 2.75) is 43.5 Å². The second-order valence-electron chi connectivity index (χ2n) is 7.60. The molecule has 2 aromatic rings. The van der Waals surface area contributed by atoms with Crippen molar-refractivity contribution < 1.29 is 13.2 Å². The number of sulfonamides is 1. The molecule has 0 radical (unpaired) electrons. The minimum absolute atomic E-state index is 0.0110. The van der Waals surface area contributed by atoms with E-state index >= 15 is 0 Å². The van der Waals surface area contributed by atoms with Gasteiger partial charge in [-0.1, -0.05) is 25.0 Å². The fourth-order valence-corrected chi connectivity index (χ4v) is 6.30. The minimum atomic E-state index is -3.44. The number of nitrogens with zero attached hydrogens (tertiary/aromatic N) is 2. The molecule has 2 aliphatic heterocycles. The summed E-state index contributed by atoms with van der Waals surface area (Å²) >= 11 is 1.76. The zero-order valence-electron chi connectivity index (χ0n) is 16.4. The Balaban J connectivity index is 1.41. The normalized spacial score (nSPS) is 18.6. The van der Waals surface area contributed by atoms with Crippen LogP contribution < -0.4 is 0 Å². The molecule has 7 heteroatoms. The summed E-state index contributed by atoms with van der Waals surface area (Å²) in [7, 11) is -3.44. The van der Waals surface area contributed by atoms with Gasteiger partial charge in [0.1, 0.15) is 0 Å². The van der Waals surface area contributed by atoms with E-state index in [-0.39, 0.29) is 5.91 Å². The second-order valence-corrected chi connectivity index (χ2v) is 10.5. The summed E-state index contributed by atoms with van der Waals surface area (Å²) in [6.45, 7) is 2.60. The number of rotatable bonds is 4. The van der Waals surface area contributed by atoms with Gasteiger partial charge in [0.2, 0.25) is 15.9 Å². The number of carbonyl (C=O) groups excluding carboxylic acids is 1. The first-order valence-corrected chi connectivity index (χ1v) is 12.5. The highest BCUT2D eigenvalue weighted by Gasteiger charge is 2.25. The Labute approximate surface area is 176 Å². The molecule has 0 aliphatic carbocycles. The van der Waals surface area contributed by atoms with Crippen LogP contribution in [0.15, 0.2) is 46.7 Å². The van der Waals surface area contributed by atoms with Crippen LogP contribution in [0, 0.1) is 0 Å². The lowest BCUT2D eigenvalue weighted by atomic mass is 10.1. The van der Waals surface area contributed by atoms with E-state index < -0.39 is 10.0 Å². The maximum Gasteiger partial charge on any atom is 0.246 e. The SMILES string of the molecule is O=C(/C=C/c1ccc(S(=O)(=O)N2CCCCCC2)cc1)N1CCc2sccc2C1. The number of amides is 1. The number of fused-ring (bicyclic) bond motifs is 1. The molecule has 1 amide bonds. The van der Waals surface area contributed by atoms with Crippen molar-refractivity contribution in [3.05, 3.63) is 57.8 Å². The fourth-order valence-electron chi connectivity index (χ4n) is 3.89. The molecule has 3 heterocycles. The van der Waals surface area contributed by atoms with E-state index in [4.69, 9.17) is 0 Å². The molecule has 1 aromatic heterocycles. The number of benzene rings is 1. The van der Waals surface area contributed by atoms with E-state index in [2.05, 4.69) is 11.4 Å². The molecule has 5 nitrogen and oxygen atoms in total. The summed E-state index contributed by atoms with van der Waals surface area (Å²) in [5.74, 6) is -0.0110. The van der Waals surface area contributed by atoms with E-state index in [1.807, 2.05) is 4.90 Å². The van der Waals surface area contributed by atoms with E-state index in [0.717, 1.165) is 44.2 Å². The molecule has 4 rings (SSSR count). The Morgan fingerprint density at radius 1 is 0.966 bits per heavy atom. The van der Waals surface area contributed by atoms with Gasteiger partial charge in [0.15, 0.2) is 0 Å². The molecule has 2 aliphatic rings. The molecular weight excluding hydrogens is 404 g/mol. The van der Waals surface area contributed by atoms with Gasteiger partial charge in [-0.2, -0.15) is 4.31 Å². The Morgan fingerprint density at radius 2 is 1.69 bits per heavy atom. The number of hydrogen-bond donors (Lipinski definition) is 0. The third-order valence-electron chi connectivity index (χ3n) is 5.62. The van der Waals surface area contributed by atoms with E-state index in [1.54, 1.807) is 52.1 Å². The summed E-state index contributed by atoms with van der Waals surface area (Å²) in [5.41, 5.74) is 2.06. The first-order chi connectivity index (χ1) is 14.0. The number of hydrogen-bond acceptors (Lipinski definition) is 4. The van der Waals surface area contributed by atoms with Crippen molar-refractivity contribution in [3.8, 4) is 0 Å². The van der Waals surface area contributed by atoms with Crippen molar-refractivity contribution in [2.75, 3.05) is 19.6 Å². The van der Waals surface area contributed by atoms with Crippen molar-refractivity contribution in [3.63, 3.8) is 0 Å². The first-order valence-electron chi connectivity index (χ1n) is 10.2. The molecule has 154 valence electrons. The molecule has 1 fully saturated rings. The average Bonchev–Trinajstić information content (AvgIpc) is 3.03. The number of thiophene rings is 1. The predicted octanol–water partition coefficient (Wildman–Crippen LogP) is 3.91. The van der Waals surface area contributed by atoms with Crippen LogP contribution in [0.5, 0.6) is 0 Å². The van der Waals surface area contributed by atoms with Crippen molar-refractivity contribution in [1.29, 1.82) is 0 Å². The summed E-state index contributed by atoms with van der Waals surface area (Å²) in [4.78, 5) is 16.1. The van der Waals surface area contributed by atoms with Crippen LogP contribution in [0.4, 0.5) is 0 Å². The molecule has 1 aromatic carbocycles. The van der Waals surface area contributed by atoms with Crippen LogP contribution >= 0.6 is 11.3 Å². The Bertz CT molecular complexity index is 985. The molecule has 1 saturated heterocycles. The van der Waals surface area contributed by atoms with Gasteiger partial charge in [-0.25, -0.2) is 8.42 Å². The topological polar surface area (TPSA) is 57.7 Å². The van der Waals surface area contributed by atoms with Crippen LogP contribution in [0.3, 0.4) is 0 Å². The Hall–Kier alpha value is -1.96. The zero-order chi connectivity index (χ0) is 20.3. The minimum Gasteiger partial charge on any atom is -0.334 e. The number of carbonyl (C=O) groups is 1. The van der Waals surface area contributed by atoms with Gasteiger partial charge in [-0.05, 0) is 60.0 Å². The standard InChI is InChI=1S/C22H26N2O3S2/c25-22(23-15-11-21-19(17-23)12-16-28-21)10-7-18-5-8-20(9-6-18)29(26,27)24-13-3-1-2-4-14-24/h5-10,12,16H,1-4,11,13-15,17H2/b10-7+. The third-order valence-corrected chi connectivity index (χ3v) is 8.56. The zero-order valence-corrected chi connectivity index (χ0v) is 18.1. The summed E-state index contributed by atoms with van der Waals surface area (Å²) in [5, 5.41) is 2.08. The fraction of sp³-hybridized carbons (Fsp3) is 0.409. The van der Waals surface area contributed by atoms with Crippen LogP contribution in [0.25, 0.3) is 6.08 Å². The maximum absolute atomic E-state index is 12.9. The molecule has 0 spiro atoms. The lowest BCUT2D eigenvalue weighted by Crippen LogP contribution is -2.34. The molecule has 0 atom stereocenters. The highest BCUT2D eigenvalue weighted by atomic mass is 32.2. The van der Waals surface area contributed by atoms with Gasteiger partial charge < -0.3 is 4.90 Å². The molecular formula is C22H26N2O3S2. The van der Waals surface area contributed by atoms with Gasteiger partial charge in [-0.3, -0.25) is 4.79 Å². The lowest BCUT2D eigenvalue weighted by molar-refractivity contribution is -0.126. The Morgan fingerprint density at radius 3 is 2.41 bits per heavy atom. The third kappa shape index (κ3) is 4.63. The predicted molar refractivity (Wildman–Crippen MR) is 116 cm³/mol. The molecule has 0 unspecified atom stereocenters. The van der Waals surface area contributed by atoms with Crippen LogP contribution in [0.2, 0.25) is 0 Å². The van der Waals surface area contributed by atoms with Crippen molar-refractivity contribution in [1.82, 2.24) is 9.21 Å². The highest BCUT2D eigenvalue weighted by Crippen LogP contribution is 2.24. The molecule has 0 saturated carbocycles. The van der Waals surface area contributed by atoms with Gasteiger partial charge in [0, 0.05) is 37.1 Å².